The summed E-state index contributed by atoms with van der Waals surface area (Å²) in [6.07, 6.45) is -1.54. The van der Waals surface area contributed by atoms with Crippen molar-refractivity contribution in [1.29, 1.82) is 0 Å². The number of halogens is 4. The summed E-state index contributed by atoms with van der Waals surface area (Å²) in [7, 11) is 3.47. The van der Waals surface area contributed by atoms with Gasteiger partial charge >= 0.3 is 0 Å². The number of ether oxygens (including phenoxy) is 2. The average Bonchev–Trinajstić information content (AvgIpc) is 3.30. The number of piperazine rings is 1. The van der Waals surface area contributed by atoms with Crippen LogP contribution in [0.25, 0.3) is 0 Å². The van der Waals surface area contributed by atoms with Gasteiger partial charge in [0.25, 0.3) is 11.8 Å². The summed E-state index contributed by atoms with van der Waals surface area (Å²) >= 11 is 1.96. The lowest BCUT2D eigenvalue weighted by Gasteiger charge is -2.43. The van der Waals surface area contributed by atoms with Gasteiger partial charge in [-0.25, -0.2) is 18.2 Å². The Morgan fingerprint density at radius 1 is 1.02 bits per heavy atom. The molecular weight excluding hydrogens is 702 g/mol. The number of aromatic nitrogens is 1. The normalized spacial score (nSPS) is 22.8. The van der Waals surface area contributed by atoms with Crippen molar-refractivity contribution in [3.05, 3.63) is 74.9 Å². The van der Waals surface area contributed by atoms with Gasteiger partial charge in [0.05, 0.1) is 7.11 Å². The van der Waals surface area contributed by atoms with Crippen LogP contribution in [0.1, 0.15) is 42.6 Å². The molecule has 2 amide bonds. The van der Waals surface area contributed by atoms with E-state index in [4.69, 9.17) is 9.47 Å². The molecule has 0 radical (unpaired) electrons. The van der Waals surface area contributed by atoms with E-state index in [1.807, 2.05) is 22.6 Å². The lowest BCUT2D eigenvalue weighted by Crippen LogP contribution is -2.55. The number of carbonyl (C=O) groups excluding carboxylic acids is 2. The number of hydrogen-bond acceptors (Lipinski definition) is 7. The first-order chi connectivity index (χ1) is 21.4. The van der Waals surface area contributed by atoms with E-state index in [0.717, 1.165) is 0 Å². The lowest BCUT2D eigenvalue weighted by atomic mass is 9.93. The highest BCUT2D eigenvalue weighted by atomic mass is 127. The molecule has 2 aliphatic heterocycles. The van der Waals surface area contributed by atoms with Crippen molar-refractivity contribution in [3.63, 3.8) is 0 Å². The minimum absolute atomic E-state index is 0.132. The SMILES string of the molecule is COc1cc(F)c([C@@H]2CN(c3nc(N4C[C@@H](C)N(C)[C@@H](C)C4)ccc3F)C(=O)[C@H]2NC(=O)c2ccc(OC(C)F)cc2)c(I)c1. The monoisotopic (exact) mass is 737 g/mol. The zero-order valence-electron chi connectivity index (χ0n) is 25.6. The third-order valence-electron chi connectivity index (χ3n) is 8.43. The second-order valence-corrected chi connectivity index (χ2v) is 12.6. The Morgan fingerprint density at radius 2 is 1.69 bits per heavy atom. The second-order valence-electron chi connectivity index (χ2n) is 11.4. The minimum Gasteiger partial charge on any atom is -0.497 e. The van der Waals surface area contributed by atoms with Crippen LogP contribution in [0.2, 0.25) is 0 Å². The number of carbonyl (C=O) groups is 2. The molecule has 240 valence electrons. The van der Waals surface area contributed by atoms with Gasteiger partial charge in [0, 0.05) is 65.3 Å². The van der Waals surface area contributed by atoms with Gasteiger partial charge in [0.15, 0.2) is 11.6 Å². The number of likely N-dealkylation sites (N-methyl/N-ethyl adjacent to an activating group) is 1. The number of alkyl halides is 1. The predicted octanol–water partition coefficient (Wildman–Crippen LogP) is 5.13. The number of hydrogen-bond donors (Lipinski definition) is 1. The number of pyridine rings is 1. The Balaban J connectivity index is 1.49. The molecule has 0 spiro atoms. The summed E-state index contributed by atoms with van der Waals surface area (Å²) in [4.78, 5) is 37.5. The number of rotatable bonds is 8. The van der Waals surface area contributed by atoms with Crippen LogP contribution in [-0.4, -0.2) is 80.0 Å². The topological polar surface area (TPSA) is 87.2 Å². The van der Waals surface area contributed by atoms with E-state index in [0.29, 0.717) is 28.2 Å². The fourth-order valence-electron chi connectivity index (χ4n) is 5.85. The Morgan fingerprint density at radius 3 is 2.29 bits per heavy atom. The van der Waals surface area contributed by atoms with Crippen molar-refractivity contribution in [2.45, 2.75) is 51.2 Å². The maximum absolute atomic E-state index is 15.6. The van der Waals surface area contributed by atoms with Crippen LogP contribution in [0.15, 0.2) is 48.5 Å². The molecule has 1 unspecified atom stereocenters. The summed E-state index contributed by atoms with van der Waals surface area (Å²) in [6, 6.07) is 10.6. The van der Waals surface area contributed by atoms with Gasteiger partial charge in [-0.1, -0.05) is 0 Å². The van der Waals surface area contributed by atoms with E-state index < -0.39 is 41.8 Å². The number of amides is 2. The fraction of sp³-hybridized carbons (Fsp3) is 0.406. The molecule has 1 aromatic heterocycles. The maximum Gasteiger partial charge on any atom is 0.251 e. The van der Waals surface area contributed by atoms with Crippen LogP contribution in [0.5, 0.6) is 11.5 Å². The first-order valence-electron chi connectivity index (χ1n) is 14.6. The molecule has 2 saturated heterocycles. The molecule has 3 aromatic rings. The molecule has 0 bridgehead atoms. The highest BCUT2D eigenvalue weighted by Crippen LogP contribution is 2.38. The smallest absolute Gasteiger partial charge is 0.251 e. The number of nitrogens with one attached hydrogen (secondary N) is 1. The zero-order chi connectivity index (χ0) is 32.6. The van der Waals surface area contributed by atoms with Gasteiger partial charge in [0.1, 0.15) is 29.2 Å². The van der Waals surface area contributed by atoms with Crippen LogP contribution < -0.4 is 24.6 Å². The molecule has 1 N–H and O–H groups in total. The van der Waals surface area contributed by atoms with Crippen molar-refractivity contribution in [2.75, 3.05) is 43.6 Å². The van der Waals surface area contributed by atoms with Gasteiger partial charge in [-0.2, -0.15) is 0 Å². The molecule has 3 heterocycles. The van der Waals surface area contributed by atoms with Crippen LogP contribution in [0.3, 0.4) is 0 Å². The van der Waals surface area contributed by atoms with Crippen molar-refractivity contribution >= 4 is 46.0 Å². The van der Waals surface area contributed by atoms with E-state index >= 15 is 8.78 Å². The number of benzene rings is 2. The van der Waals surface area contributed by atoms with Gasteiger partial charge in [-0.05, 0) is 86.0 Å². The number of methoxy groups -OCH3 is 1. The fourth-order valence-corrected chi connectivity index (χ4v) is 6.82. The van der Waals surface area contributed by atoms with Gasteiger partial charge in [-0.3, -0.25) is 19.4 Å². The highest BCUT2D eigenvalue weighted by molar-refractivity contribution is 14.1. The van der Waals surface area contributed by atoms with Crippen molar-refractivity contribution in [2.24, 2.45) is 0 Å². The zero-order valence-corrected chi connectivity index (χ0v) is 27.7. The van der Waals surface area contributed by atoms with Gasteiger partial charge in [-0.15, -0.1) is 0 Å². The van der Waals surface area contributed by atoms with E-state index in [1.165, 1.54) is 55.3 Å². The van der Waals surface area contributed by atoms with Crippen molar-refractivity contribution in [3.8, 4) is 11.5 Å². The largest absolute Gasteiger partial charge is 0.497 e. The molecule has 2 fully saturated rings. The molecule has 9 nitrogen and oxygen atoms in total. The van der Waals surface area contributed by atoms with Crippen LogP contribution in [0, 0.1) is 15.2 Å². The van der Waals surface area contributed by atoms with E-state index in [1.54, 1.807) is 12.1 Å². The van der Waals surface area contributed by atoms with Gasteiger partial charge in [0.2, 0.25) is 6.36 Å². The summed E-state index contributed by atoms with van der Waals surface area (Å²) < 4.78 is 55.0. The second kappa shape index (κ2) is 13.4. The first kappa shape index (κ1) is 32.8. The Bertz CT molecular complexity index is 1540. The summed E-state index contributed by atoms with van der Waals surface area (Å²) in [6.45, 7) is 6.63. The minimum atomic E-state index is -1.54. The molecule has 0 saturated carbocycles. The summed E-state index contributed by atoms with van der Waals surface area (Å²) in [5, 5.41) is 2.74. The maximum atomic E-state index is 15.6. The van der Waals surface area contributed by atoms with Crippen LogP contribution >= 0.6 is 22.6 Å². The van der Waals surface area contributed by atoms with Crippen molar-refractivity contribution in [1.82, 2.24) is 15.2 Å². The molecule has 2 aromatic carbocycles. The predicted molar refractivity (Wildman–Crippen MR) is 173 cm³/mol. The quantitative estimate of drug-likeness (QED) is 0.322. The average molecular weight is 738 g/mol. The number of nitrogens with zero attached hydrogens (tertiary/aromatic N) is 4. The van der Waals surface area contributed by atoms with Crippen LogP contribution in [0.4, 0.5) is 24.8 Å². The molecule has 0 aliphatic carbocycles. The summed E-state index contributed by atoms with van der Waals surface area (Å²) in [5.74, 6) is -2.62. The van der Waals surface area contributed by atoms with Crippen LogP contribution in [-0.2, 0) is 4.79 Å². The van der Waals surface area contributed by atoms with E-state index in [2.05, 4.69) is 41.0 Å². The highest BCUT2D eigenvalue weighted by Gasteiger charge is 2.46. The van der Waals surface area contributed by atoms with Gasteiger partial charge < -0.3 is 19.7 Å². The molecule has 45 heavy (non-hydrogen) atoms. The number of anilines is 2. The molecule has 5 atom stereocenters. The summed E-state index contributed by atoms with van der Waals surface area (Å²) in [5.41, 5.74) is 0.366. The Kier molecular flexibility index (Phi) is 9.77. The molecule has 13 heteroatoms. The standard InChI is InChI=1S/C32H35F3IN5O4/c1-17-14-40(15-18(2)39(17)4)27-11-10-24(34)30(37-27)41-16-23(28-25(35)12-22(44-5)13-26(28)36)29(32(41)43)38-31(42)20-6-8-21(9-7-20)45-19(3)33/h6-13,17-19,23,29H,14-16H2,1-5H3,(H,38,42)/t17-,18+,19?,23-,29-/m0/s1. The Hall–Kier alpha value is -3.59. The third kappa shape index (κ3) is 6.83. The Labute approximate surface area is 273 Å². The van der Waals surface area contributed by atoms with E-state index in [9.17, 15) is 14.0 Å². The molecule has 2 aliphatic rings. The first-order valence-corrected chi connectivity index (χ1v) is 15.6. The third-order valence-corrected chi connectivity index (χ3v) is 9.32. The lowest BCUT2D eigenvalue weighted by molar-refractivity contribution is -0.118. The van der Waals surface area contributed by atoms with E-state index in [-0.39, 0.29) is 41.3 Å². The molecule has 5 rings (SSSR count). The molecular formula is C32H35F3IN5O4. The van der Waals surface area contributed by atoms with Crippen molar-refractivity contribution < 1.29 is 32.2 Å².